The Bertz CT molecular complexity index is 401. The molecule has 0 saturated carbocycles. The van der Waals surface area contributed by atoms with Gasteiger partial charge in [0.2, 0.25) is 0 Å². The average molecular weight is 274 g/mol. The third-order valence-electron chi connectivity index (χ3n) is 4.81. The fraction of sp³-hybridized carbons (Fsp3) is 0.667. The molecule has 1 aromatic rings. The third kappa shape index (κ3) is 3.42. The van der Waals surface area contributed by atoms with Crippen LogP contribution in [0.3, 0.4) is 0 Å². The van der Waals surface area contributed by atoms with Gasteiger partial charge in [0.1, 0.15) is 0 Å². The minimum Gasteiger partial charge on any atom is -0.323 e. The van der Waals surface area contributed by atoms with Crippen molar-refractivity contribution in [3.05, 3.63) is 35.9 Å². The first kappa shape index (κ1) is 15.5. The maximum Gasteiger partial charge on any atom is 0.0455 e. The summed E-state index contributed by atoms with van der Waals surface area (Å²) in [5.41, 5.74) is 7.89. The molecule has 0 bridgehead atoms. The van der Waals surface area contributed by atoms with Crippen molar-refractivity contribution in [2.24, 2.45) is 17.6 Å². The van der Waals surface area contributed by atoms with Gasteiger partial charge in [-0.1, -0.05) is 51.1 Å². The predicted octanol–water partition coefficient (Wildman–Crippen LogP) is 3.83. The summed E-state index contributed by atoms with van der Waals surface area (Å²) in [6.07, 6.45) is 2.60. The summed E-state index contributed by atoms with van der Waals surface area (Å²) in [5, 5.41) is 0. The zero-order chi connectivity index (χ0) is 14.7. The summed E-state index contributed by atoms with van der Waals surface area (Å²) in [4.78, 5) is 2.66. The smallest absolute Gasteiger partial charge is 0.0455 e. The van der Waals surface area contributed by atoms with Crippen molar-refractivity contribution < 1.29 is 0 Å². The van der Waals surface area contributed by atoms with Gasteiger partial charge in [-0.25, -0.2) is 0 Å². The topological polar surface area (TPSA) is 29.3 Å². The molecule has 2 nitrogen and oxygen atoms in total. The van der Waals surface area contributed by atoms with Gasteiger partial charge in [0.05, 0.1) is 0 Å². The van der Waals surface area contributed by atoms with Crippen LogP contribution in [0.4, 0.5) is 0 Å². The third-order valence-corrected chi connectivity index (χ3v) is 4.81. The van der Waals surface area contributed by atoms with Crippen molar-refractivity contribution in [3.63, 3.8) is 0 Å². The summed E-state index contributed by atoms with van der Waals surface area (Å²) < 4.78 is 0. The van der Waals surface area contributed by atoms with Gasteiger partial charge >= 0.3 is 0 Å². The van der Waals surface area contributed by atoms with E-state index in [0.717, 1.165) is 5.92 Å². The maximum absolute atomic E-state index is 6.63. The van der Waals surface area contributed by atoms with Crippen LogP contribution in [0, 0.1) is 11.8 Å². The van der Waals surface area contributed by atoms with Gasteiger partial charge in [0.25, 0.3) is 0 Å². The Balaban J connectivity index is 2.19. The summed E-state index contributed by atoms with van der Waals surface area (Å²) >= 11 is 0. The number of nitrogens with two attached hydrogens (primary N) is 1. The van der Waals surface area contributed by atoms with E-state index in [-0.39, 0.29) is 6.04 Å². The second-order valence-corrected chi connectivity index (χ2v) is 6.89. The van der Waals surface area contributed by atoms with Gasteiger partial charge in [-0.2, -0.15) is 0 Å². The number of rotatable bonds is 4. The molecule has 0 aromatic heterocycles. The highest BCUT2D eigenvalue weighted by atomic mass is 15.2. The van der Waals surface area contributed by atoms with E-state index in [1.165, 1.54) is 24.9 Å². The monoisotopic (exact) mass is 274 g/mol. The second kappa shape index (κ2) is 6.73. The molecule has 1 aromatic carbocycles. The molecule has 112 valence electrons. The quantitative estimate of drug-likeness (QED) is 0.904. The Labute approximate surface area is 124 Å². The Hall–Kier alpha value is -0.860. The van der Waals surface area contributed by atoms with Crippen LogP contribution in [-0.2, 0) is 0 Å². The minimum atomic E-state index is 0.104. The highest BCUT2D eigenvalue weighted by Crippen LogP contribution is 2.31. The Morgan fingerprint density at radius 1 is 1.15 bits per heavy atom. The molecular weight excluding hydrogens is 244 g/mol. The van der Waals surface area contributed by atoms with Crippen LogP contribution < -0.4 is 5.73 Å². The zero-order valence-corrected chi connectivity index (χ0v) is 13.4. The van der Waals surface area contributed by atoms with Crippen molar-refractivity contribution in [2.75, 3.05) is 6.54 Å². The molecular formula is C18H30N2. The predicted molar refractivity (Wildman–Crippen MR) is 86.6 cm³/mol. The number of piperidine rings is 1. The summed E-state index contributed by atoms with van der Waals surface area (Å²) in [5.74, 6) is 1.42. The highest BCUT2D eigenvalue weighted by molar-refractivity contribution is 5.20. The van der Waals surface area contributed by atoms with Crippen molar-refractivity contribution in [1.29, 1.82) is 0 Å². The van der Waals surface area contributed by atoms with Crippen molar-refractivity contribution in [2.45, 2.75) is 58.7 Å². The number of hydrogen-bond donors (Lipinski definition) is 1. The SMILES string of the molecule is CC1CCN(C(C(C)C)C(N)c2ccccc2)C(C)C1. The lowest BCUT2D eigenvalue weighted by molar-refractivity contribution is 0.0451. The first-order valence-electron chi connectivity index (χ1n) is 8.07. The van der Waals surface area contributed by atoms with E-state index < -0.39 is 0 Å². The molecule has 2 rings (SSSR count). The van der Waals surface area contributed by atoms with E-state index in [1.807, 2.05) is 0 Å². The zero-order valence-electron chi connectivity index (χ0n) is 13.4. The van der Waals surface area contributed by atoms with E-state index in [1.54, 1.807) is 0 Å². The van der Waals surface area contributed by atoms with Crippen LogP contribution in [0.25, 0.3) is 0 Å². The van der Waals surface area contributed by atoms with Crippen LogP contribution in [0.5, 0.6) is 0 Å². The summed E-state index contributed by atoms with van der Waals surface area (Å²) in [6, 6.07) is 11.7. The van der Waals surface area contributed by atoms with E-state index in [2.05, 4.69) is 62.9 Å². The van der Waals surface area contributed by atoms with Gasteiger partial charge in [-0.15, -0.1) is 0 Å². The molecule has 1 aliphatic rings. The van der Waals surface area contributed by atoms with E-state index in [9.17, 15) is 0 Å². The van der Waals surface area contributed by atoms with Crippen molar-refractivity contribution in [1.82, 2.24) is 4.90 Å². The van der Waals surface area contributed by atoms with E-state index >= 15 is 0 Å². The van der Waals surface area contributed by atoms with Crippen LogP contribution in [0.2, 0.25) is 0 Å². The molecule has 0 amide bonds. The lowest BCUT2D eigenvalue weighted by atomic mass is 9.85. The second-order valence-electron chi connectivity index (χ2n) is 6.89. The maximum atomic E-state index is 6.63. The molecule has 2 N–H and O–H groups in total. The van der Waals surface area contributed by atoms with Crippen molar-refractivity contribution in [3.8, 4) is 0 Å². The first-order valence-corrected chi connectivity index (χ1v) is 8.07. The largest absolute Gasteiger partial charge is 0.323 e. The normalized spacial score (nSPS) is 27.5. The Morgan fingerprint density at radius 3 is 2.35 bits per heavy atom. The minimum absolute atomic E-state index is 0.104. The molecule has 2 heteroatoms. The van der Waals surface area contributed by atoms with Gasteiger partial charge < -0.3 is 5.73 Å². The fourth-order valence-electron chi connectivity index (χ4n) is 3.74. The van der Waals surface area contributed by atoms with Crippen molar-refractivity contribution >= 4 is 0 Å². The van der Waals surface area contributed by atoms with E-state index in [0.29, 0.717) is 18.0 Å². The number of benzene rings is 1. The van der Waals surface area contributed by atoms with Gasteiger partial charge in [-0.05, 0) is 43.7 Å². The van der Waals surface area contributed by atoms with Crippen LogP contribution in [0.15, 0.2) is 30.3 Å². The van der Waals surface area contributed by atoms with Crippen LogP contribution >= 0.6 is 0 Å². The standard InChI is InChI=1S/C18H30N2/c1-13(2)18(17(19)16-8-6-5-7-9-16)20-11-10-14(3)12-15(20)4/h5-9,13-15,17-18H,10-12,19H2,1-4H3. The van der Waals surface area contributed by atoms with Crippen LogP contribution in [-0.4, -0.2) is 23.5 Å². The first-order chi connectivity index (χ1) is 9.50. The molecule has 0 radical (unpaired) electrons. The summed E-state index contributed by atoms with van der Waals surface area (Å²) in [7, 11) is 0. The molecule has 4 atom stereocenters. The average Bonchev–Trinajstić information content (AvgIpc) is 2.42. The molecule has 4 unspecified atom stereocenters. The molecule has 20 heavy (non-hydrogen) atoms. The number of hydrogen-bond acceptors (Lipinski definition) is 2. The summed E-state index contributed by atoms with van der Waals surface area (Å²) in [6.45, 7) is 10.5. The number of likely N-dealkylation sites (tertiary alicyclic amines) is 1. The Morgan fingerprint density at radius 2 is 1.80 bits per heavy atom. The molecule has 1 heterocycles. The molecule has 0 aliphatic carbocycles. The highest BCUT2D eigenvalue weighted by Gasteiger charge is 2.34. The Kier molecular flexibility index (Phi) is 5.22. The molecule has 0 spiro atoms. The van der Waals surface area contributed by atoms with E-state index in [4.69, 9.17) is 5.73 Å². The molecule has 1 saturated heterocycles. The fourth-order valence-corrected chi connectivity index (χ4v) is 3.74. The number of nitrogens with zero attached hydrogens (tertiary/aromatic N) is 1. The molecule has 1 fully saturated rings. The van der Waals surface area contributed by atoms with Crippen LogP contribution in [0.1, 0.15) is 52.1 Å². The van der Waals surface area contributed by atoms with Gasteiger partial charge in [-0.3, -0.25) is 4.90 Å². The van der Waals surface area contributed by atoms with Gasteiger partial charge in [0.15, 0.2) is 0 Å². The lowest BCUT2D eigenvalue weighted by Gasteiger charge is -2.45. The molecule has 1 aliphatic heterocycles. The lowest BCUT2D eigenvalue weighted by Crippen LogP contribution is -2.53. The van der Waals surface area contributed by atoms with Gasteiger partial charge in [0, 0.05) is 18.1 Å².